The van der Waals surface area contributed by atoms with Crippen molar-refractivity contribution in [3.8, 4) is 0 Å². The Bertz CT molecular complexity index is 580. The molecular formula is C15H22ClF3N4O2S. The normalized spacial score (nSPS) is 16.5. The first kappa shape index (κ1) is 22.7. The molecule has 2 N–H and O–H groups in total. The second-order valence-corrected chi connectivity index (χ2v) is 6.73. The van der Waals surface area contributed by atoms with Gasteiger partial charge in [-0.2, -0.15) is 13.2 Å². The van der Waals surface area contributed by atoms with E-state index in [4.69, 9.17) is 0 Å². The minimum atomic E-state index is -4.43. The molecule has 1 saturated heterocycles. The zero-order valence-corrected chi connectivity index (χ0v) is 15.8. The molecule has 2 rings (SSSR count). The third-order valence-corrected chi connectivity index (χ3v) is 4.78. The van der Waals surface area contributed by atoms with Gasteiger partial charge >= 0.3 is 6.18 Å². The van der Waals surface area contributed by atoms with Crippen molar-refractivity contribution in [3.63, 3.8) is 0 Å². The Hall–Kier alpha value is -1.36. The molecule has 0 radical (unpaired) electrons. The van der Waals surface area contributed by atoms with Crippen LogP contribution in [-0.2, 0) is 4.79 Å². The maximum atomic E-state index is 13.3. The summed E-state index contributed by atoms with van der Waals surface area (Å²) in [6.07, 6.45) is -4.43. The summed E-state index contributed by atoms with van der Waals surface area (Å²) in [4.78, 5) is 27.0. The number of alkyl halides is 3. The topological polar surface area (TPSA) is 64.7 Å². The van der Waals surface area contributed by atoms with Crippen molar-refractivity contribution in [1.29, 1.82) is 0 Å². The molecule has 0 bridgehead atoms. The maximum Gasteiger partial charge on any atom is 0.405 e. The largest absolute Gasteiger partial charge is 0.405 e. The molecule has 0 aromatic carbocycles. The van der Waals surface area contributed by atoms with E-state index >= 15 is 0 Å². The van der Waals surface area contributed by atoms with Gasteiger partial charge in [0.15, 0.2) is 0 Å². The molecule has 148 valence electrons. The van der Waals surface area contributed by atoms with E-state index in [9.17, 15) is 22.8 Å². The lowest BCUT2D eigenvalue weighted by molar-refractivity contribution is -0.184. The van der Waals surface area contributed by atoms with Gasteiger partial charge < -0.3 is 15.5 Å². The number of nitrogens with zero attached hydrogens (tertiary/aromatic N) is 2. The lowest BCUT2D eigenvalue weighted by Gasteiger charge is -2.36. The van der Waals surface area contributed by atoms with Gasteiger partial charge in [-0.15, -0.1) is 23.7 Å². The molecule has 6 nitrogen and oxygen atoms in total. The van der Waals surface area contributed by atoms with Crippen LogP contribution in [-0.4, -0.2) is 80.1 Å². The molecule has 1 atom stereocenters. The first-order valence-electron chi connectivity index (χ1n) is 7.86. The van der Waals surface area contributed by atoms with Crippen LogP contribution in [0.15, 0.2) is 17.5 Å². The summed E-state index contributed by atoms with van der Waals surface area (Å²) in [5.74, 6) is -0.948. The zero-order chi connectivity index (χ0) is 18.4. The second kappa shape index (κ2) is 10.1. The van der Waals surface area contributed by atoms with E-state index in [0.717, 1.165) is 0 Å². The molecule has 1 aromatic heterocycles. The monoisotopic (exact) mass is 414 g/mol. The Morgan fingerprint density at radius 3 is 2.58 bits per heavy atom. The van der Waals surface area contributed by atoms with Crippen molar-refractivity contribution >= 4 is 35.6 Å². The van der Waals surface area contributed by atoms with E-state index in [1.165, 1.54) is 28.2 Å². The average Bonchev–Trinajstić information content (AvgIpc) is 3.08. The van der Waals surface area contributed by atoms with Crippen molar-refractivity contribution in [2.45, 2.75) is 12.2 Å². The lowest BCUT2D eigenvalue weighted by Crippen LogP contribution is -2.58. The number of thiophene rings is 1. The number of hydrogen-bond acceptors (Lipinski definition) is 5. The standard InChI is InChI=1S/C15H21F3N4O2S.ClH/c1-21(14(24)11-3-2-8-25-11)10-13(23)20-9-12(15(16,17)18)22-6-4-19-5-7-22;/h2-3,8,12,19H,4-7,9-10H2,1H3,(H,20,23);1H. The first-order valence-corrected chi connectivity index (χ1v) is 8.74. The van der Waals surface area contributed by atoms with Gasteiger partial charge in [0.05, 0.1) is 11.4 Å². The molecular weight excluding hydrogens is 393 g/mol. The highest BCUT2D eigenvalue weighted by atomic mass is 35.5. The fourth-order valence-corrected chi connectivity index (χ4v) is 3.31. The fourth-order valence-electron chi connectivity index (χ4n) is 2.59. The molecule has 11 heteroatoms. The van der Waals surface area contributed by atoms with Crippen molar-refractivity contribution in [2.24, 2.45) is 0 Å². The molecule has 1 fully saturated rings. The smallest absolute Gasteiger partial charge is 0.353 e. The van der Waals surface area contributed by atoms with Gasteiger partial charge in [0, 0.05) is 39.8 Å². The van der Waals surface area contributed by atoms with Gasteiger partial charge in [-0.25, -0.2) is 0 Å². The fraction of sp³-hybridized carbons (Fsp3) is 0.600. The summed E-state index contributed by atoms with van der Waals surface area (Å²) >= 11 is 1.24. The molecule has 2 amide bonds. The quantitative estimate of drug-likeness (QED) is 0.734. The summed E-state index contributed by atoms with van der Waals surface area (Å²) in [7, 11) is 1.44. The lowest BCUT2D eigenvalue weighted by atomic mass is 10.2. The van der Waals surface area contributed by atoms with Crippen LogP contribution in [0.1, 0.15) is 9.67 Å². The molecule has 26 heavy (non-hydrogen) atoms. The van der Waals surface area contributed by atoms with Crippen molar-refractivity contribution in [2.75, 3.05) is 46.3 Å². The highest BCUT2D eigenvalue weighted by molar-refractivity contribution is 7.12. The van der Waals surface area contributed by atoms with Crippen molar-refractivity contribution < 1.29 is 22.8 Å². The number of likely N-dealkylation sites (N-methyl/N-ethyl adjacent to an activating group) is 1. The van der Waals surface area contributed by atoms with Crippen LogP contribution in [0.5, 0.6) is 0 Å². The van der Waals surface area contributed by atoms with Gasteiger partial charge in [0.25, 0.3) is 5.91 Å². The number of carbonyl (C=O) groups is 2. The van der Waals surface area contributed by atoms with Crippen LogP contribution in [0.4, 0.5) is 13.2 Å². The van der Waals surface area contributed by atoms with Gasteiger partial charge in [-0.1, -0.05) is 6.07 Å². The Labute approximate surface area is 160 Å². The number of rotatable bonds is 6. The third-order valence-electron chi connectivity index (χ3n) is 3.92. The summed E-state index contributed by atoms with van der Waals surface area (Å²) in [6.45, 7) is 0.705. The Balaban J connectivity index is 0.00000338. The van der Waals surface area contributed by atoms with Gasteiger partial charge in [0.2, 0.25) is 5.91 Å². The summed E-state index contributed by atoms with van der Waals surface area (Å²) in [5.41, 5.74) is 0. The van der Waals surface area contributed by atoms with Crippen molar-refractivity contribution in [1.82, 2.24) is 20.4 Å². The maximum absolute atomic E-state index is 13.3. The summed E-state index contributed by atoms with van der Waals surface area (Å²) in [5, 5.41) is 7.04. The average molecular weight is 415 g/mol. The second-order valence-electron chi connectivity index (χ2n) is 5.79. The zero-order valence-electron chi connectivity index (χ0n) is 14.2. The van der Waals surface area contributed by atoms with Crippen LogP contribution in [0.2, 0.25) is 0 Å². The number of piperazine rings is 1. The summed E-state index contributed by atoms with van der Waals surface area (Å²) in [6, 6.07) is 1.62. The molecule has 1 aliphatic rings. The van der Waals surface area contributed by atoms with E-state index in [-0.39, 0.29) is 37.9 Å². The number of amides is 2. The van der Waals surface area contributed by atoms with E-state index in [2.05, 4.69) is 10.6 Å². The molecule has 2 heterocycles. The minimum Gasteiger partial charge on any atom is -0.353 e. The minimum absolute atomic E-state index is 0. The molecule has 1 unspecified atom stereocenters. The number of carbonyl (C=O) groups excluding carboxylic acids is 2. The van der Waals surface area contributed by atoms with Crippen LogP contribution in [0, 0.1) is 0 Å². The van der Waals surface area contributed by atoms with E-state index in [0.29, 0.717) is 18.0 Å². The molecule has 1 aromatic rings. The molecule has 1 aliphatic heterocycles. The van der Waals surface area contributed by atoms with E-state index < -0.39 is 24.7 Å². The summed E-state index contributed by atoms with van der Waals surface area (Å²) < 4.78 is 39.8. The Morgan fingerprint density at radius 2 is 2.04 bits per heavy atom. The van der Waals surface area contributed by atoms with E-state index in [1.54, 1.807) is 17.5 Å². The number of hydrogen-bond donors (Lipinski definition) is 2. The highest BCUT2D eigenvalue weighted by Crippen LogP contribution is 2.24. The predicted octanol–water partition coefficient (Wildman–Crippen LogP) is 1.19. The molecule has 0 aliphatic carbocycles. The van der Waals surface area contributed by atoms with Crippen LogP contribution in [0.25, 0.3) is 0 Å². The van der Waals surface area contributed by atoms with Crippen LogP contribution >= 0.6 is 23.7 Å². The molecule has 0 spiro atoms. The SMILES string of the molecule is CN(CC(=O)NCC(N1CCNCC1)C(F)(F)F)C(=O)c1cccs1.Cl. The van der Waals surface area contributed by atoms with E-state index in [1.807, 2.05) is 0 Å². The van der Waals surface area contributed by atoms with Crippen LogP contribution < -0.4 is 10.6 Å². The van der Waals surface area contributed by atoms with Crippen LogP contribution in [0.3, 0.4) is 0 Å². The Kier molecular flexibility index (Phi) is 8.81. The highest BCUT2D eigenvalue weighted by Gasteiger charge is 2.43. The third kappa shape index (κ3) is 6.42. The van der Waals surface area contributed by atoms with Crippen molar-refractivity contribution in [3.05, 3.63) is 22.4 Å². The predicted molar refractivity (Wildman–Crippen MR) is 95.8 cm³/mol. The van der Waals surface area contributed by atoms with Gasteiger partial charge in [-0.3, -0.25) is 14.5 Å². The Morgan fingerprint density at radius 1 is 1.38 bits per heavy atom. The van der Waals surface area contributed by atoms with Gasteiger partial charge in [0.1, 0.15) is 6.04 Å². The number of nitrogens with one attached hydrogen (secondary N) is 2. The van der Waals surface area contributed by atoms with Gasteiger partial charge in [-0.05, 0) is 11.4 Å². The number of halogens is 4. The first-order chi connectivity index (χ1) is 11.8. The molecule has 0 saturated carbocycles.